The molecular formula is C20H21ClN4O. The van der Waals surface area contributed by atoms with E-state index in [1.54, 1.807) is 30.1 Å². The van der Waals surface area contributed by atoms with Gasteiger partial charge in [0.15, 0.2) is 0 Å². The molecule has 0 aliphatic heterocycles. The first-order chi connectivity index (χ1) is 12.5. The van der Waals surface area contributed by atoms with Crippen molar-refractivity contribution in [1.82, 2.24) is 14.7 Å². The van der Waals surface area contributed by atoms with Crippen molar-refractivity contribution in [2.24, 2.45) is 0 Å². The molecule has 2 amide bonds. The SMILES string of the molecule is Cc1nn(-c2ccccc2)c(C)c1CN(C)C(=O)Nc1cccc(Cl)c1. The van der Waals surface area contributed by atoms with E-state index >= 15 is 0 Å². The van der Waals surface area contributed by atoms with Gasteiger partial charge in [0, 0.05) is 29.0 Å². The third kappa shape index (κ3) is 3.89. The summed E-state index contributed by atoms with van der Waals surface area (Å²) in [5.41, 5.74) is 4.65. The fourth-order valence-corrected chi connectivity index (χ4v) is 3.01. The Balaban J connectivity index is 1.76. The third-order valence-corrected chi connectivity index (χ3v) is 4.49. The van der Waals surface area contributed by atoms with Crippen LogP contribution in [0, 0.1) is 13.8 Å². The highest BCUT2D eigenvalue weighted by Crippen LogP contribution is 2.20. The largest absolute Gasteiger partial charge is 0.323 e. The molecule has 0 aliphatic rings. The minimum Gasteiger partial charge on any atom is -0.323 e. The fourth-order valence-electron chi connectivity index (χ4n) is 2.82. The monoisotopic (exact) mass is 368 g/mol. The minimum atomic E-state index is -0.196. The summed E-state index contributed by atoms with van der Waals surface area (Å²) in [6.07, 6.45) is 0. The van der Waals surface area contributed by atoms with Gasteiger partial charge in [-0.05, 0) is 44.2 Å². The summed E-state index contributed by atoms with van der Waals surface area (Å²) in [4.78, 5) is 14.1. The first-order valence-electron chi connectivity index (χ1n) is 8.34. The van der Waals surface area contributed by atoms with Crippen LogP contribution >= 0.6 is 11.6 Å². The second kappa shape index (κ2) is 7.62. The molecule has 134 valence electrons. The molecule has 0 aliphatic carbocycles. The number of amides is 2. The predicted molar refractivity (Wildman–Crippen MR) is 105 cm³/mol. The Labute approximate surface area is 158 Å². The van der Waals surface area contributed by atoms with E-state index in [1.165, 1.54) is 0 Å². The Kier molecular flexibility index (Phi) is 5.28. The molecule has 0 bridgehead atoms. The number of hydrogen-bond acceptors (Lipinski definition) is 2. The molecule has 0 unspecified atom stereocenters. The van der Waals surface area contributed by atoms with E-state index in [2.05, 4.69) is 10.4 Å². The highest BCUT2D eigenvalue weighted by Gasteiger charge is 2.17. The first-order valence-corrected chi connectivity index (χ1v) is 8.71. The molecule has 1 heterocycles. The van der Waals surface area contributed by atoms with Crippen molar-refractivity contribution in [2.45, 2.75) is 20.4 Å². The number of carbonyl (C=O) groups is 1. The maximum atomic E-state index is 12.5. The van der Waals surface area contributed by atoms with Gasteiger partial charge in [-0.15, -0.1) is 0 Å². The van der Waals surface area contributed by atoms with Crippen molar-refractivity contribution < 1.29 is 4.79 Å². The van der Waals surface area contributed by atoms with Crippen LogP contribution in [0.2, 0.25) is 5.02 Å². The molecule has 0 saturated heterocycles. The van der Waals surface area contributed by atoms with Crippen LogP contribution in [0.1, 0.15) is 17.0 Å². The van der Waals surface area contributed by atoms with Crippen LogP contribution in [0.5, 0.6) is 0 Å². The van der Waals surface area contributed by atoms with Crippen molar-refractivity contribution in [3.8, 4) is 5.69 Å². The maximum absolute atomic E-state index is 12.5. The number of urea groups is 1. The lowest BCUT2D eigenvalue weighted by molar-refractivity contribution is 0.220. The summed E-state index contributed by atoms with van der Waals surface area (Å²) in [7, 11) is 1.76. The molecule has 1 N–H and O–H groups in total. The van der Waals surface area contributed by atoms with E-state index < -0.39 is 0 Å². The molecule has 3 aromatic rings. The van der Waals surface area contributed by atoms with Gasteiger partial charge in [0.25, 0.3) is 0 Å². The summed E-state index contributed by atoms with van der Waals surface area (Å²) in [5, 5.41) is 8.07. The topological polar surface area (TPSA) is 50.2 Å². The Bertz CT molecular complexity index is 921. The lowest BCUT2D eigenvalue weighted by Gasteiger charge is -2.18. The highest BCUT2D eigenvalue weighted by molar-refractivity contribution is 6.30. The third-order valence-electron chi connectivity index (χ3n) is 4.26. The molecule has 0 fully saturated rings. The van der Waals surface area contributed by atoms with E-state index in [0.717, 1.165) is 22.6 Å². The second-order valence-electron chi connectivity index (χ2n) is 6.19. The fraction of sp³-hybridized carbons (Fsp3) is 0.200. The zero-order valence-corrected chi connectivity index (χ0v) is 15.8. The molecular weight excluding hydrogens is 348 g/mol. The summed E-state index contributed by atoms with van der Waals surface area (Å²) in [6, 6.07) is 16.9. The normalized spacial score (nSPS) is 10.6. The van der Waals surface area contributed by atoms with Gasteiger partial charge in [0.05, 0.1) is 17.9 Å². The van der Waals surface area contributed by atoms with Crippen molar-refractivity contribution in [2.75, 3.05) is 12.4 Å². The number of anilines is 1. The summed E-state index contributed by atoms with van der Waals surface area (Å²) < 4.78 is 1.91. The average Bonchev–Trinajstić information content (AvgIpc) is 2.90. The van der Waals surface area contributed by atoms with Crippen molar-refractivity contribution in [3.63, 3.8) is 0 Å². The number of aromatic nitrogens is 2. The standard InChI is InChI=1S/C20H21ClN4O/c1-14-19(15(2)25(23-14)18-10-5-4-6-11-18)13-24(3)20(26)22-17-9-7-8-16(21)12-17/h4-12H,13H2,1-3H3,(H,22,26). The predicted octanol–water partition coefficient (Wildman–Crippen LogP) is 4.81. The van der Waals surface area contributed by atoms with Crippen molar-refractivity contribution in [1.29, 1.82) is 0 Å². The lowest BCUT2D eigenvalue weighted by Crippen LogP contribution is -2.31. The van der Waals surface area contributed by atoms with Gasteiger partial charge in [-0.1, -0.05) is 35.9 Å². The molecule has 6 heteroatoms. The van der Waals surface area contributed by atoms with Gasteiger partial charge in [-0.25, -0.2) is 9.48 Å². The number of benzene rings is 2. The number of aryl methyl sites for hydroxylation is 1. The van der Waals surface area contributed by atoms with E-state index in [-0.39, 0.29) is 6.03 Å². The molecule has 1 aromatic heterocycles. The summed E-state index contributed by atoms with van der Waals surface area (Å²) in [6.45, 7) is 4.45. The molecule has 0 radical (unpaired) electrons. The van der Waals surface area contributed by atoms with Crippen LogP contribution < -0.4 is 5.32 Å². The van der Waals surface area contributed by atoms with Crippen molar-refractivity contribution >= 4 is 23.3 Å². The van der Waals surface area contributed by atoms with Crippen LogP contribution in [0.3, 0.4) is 0 Å². The number of hydrogen-bond donors (Lipinski definition) is 1. The number of carbonyl (C=O) groups excluding carboxylic acids is 1. The van der Waals surface area contributed by atoms with Gasteiger partial charge in [-0.3, -0.25) is 0 Å². The van der Waals surface area contributed by atoms with Crippen LogP contribution in [0.4, 0.5) is 10.5 Å². The summed E-state index contributed by atoms with van der Waals surface area (Å²) >= 11 is 5.96. The lowest BCUT2D eigenvalue weighted by atomic mass is 10.2. The Morgan fingerprint density at radius 1 is 1.15 bits per heavy atom. The van der Waals surface area contributed by atoms with E-state index in [9.17, 15) is 4.79 Å². The van der Waals surface area contributed by atoms with Crippen LogP contribution in [0.25, 0.3) is 5.69 Å². The number of rotatable bonds is 4. The van der Waals surface area contributed by atoms with Gasteiger partial charge in [0.1, 0.15) is 0 Å². The maximum Gasteiger partial charge on any atom is 0.321 e. The Morgan fingerprint density at radius 3 is 2.58 bits per heavy atom. The zero-order chi connectivity index (χ0) is 18.7. The van der Waals surface area contributed by atoms with E-state index in [0.29, 0.717) is 17.3 Å². The zero-order valence-electron chi connectivity index (χ0n) is 15.0. The molecule has 3 rings (SSSR count). The van der Waals surface area contributed by atoms with E-state index in [4.69, 9.17) is 11.6 Å². The minimum absolute atomic E-state index is 0.196. The summed E-state index contributed by atoms with van der Waals surface area (Å²) in [5.74, 6) is 0. The molecule has 2 aromatic carbocycles. The first kappa shape index (κ1) is 18.0. The molecule has 0 saturated carbocycles. The molecule has 0 spiro atoms. The number of para-hydroxylation sites is 1. The van der Waals surface area contributed by atoms with Gasteiger partial charge < -0.3 is 10.2 Å². The van der Waals surface area contributed by atoms with Crippen LogP contribution in [0.15, 0.2) is 54.6 Å². The Hall–Kier alpha value is -2.79. The van der Waals surface area contributed by atoms with E-state index in [1.807, 2.05) is 54.9 Å². The van der Waals surface area contributed by atoms with Gasteiger partial charge >= 0.3 is 6.03 Å². The highest BCUT2D eigenvalue weighted by atomic mass is 35.5. The molecule has 26 heavy (non-hydrogen) atoms. The second-order valence-corrected chi connectivity index (χ2v) is 6.63. The van der Waals surface area contributed by atoms with Gasteiger partial charge in [-0.2, -0.15) is 5.10 Å². The van der Waals surface area contributed by atoms with Crippen LogP contribution in [-0.2, 0) is 6.54 Å². The quantitative estimate of drug-likeness (QED) is 0.718. The smallest absolute Gasteiger partial charge is 0.321 e. The molecule has 0 atom stereocenters. The molecule has 5 nitrogen and oxygen atoms in total. The van der Waals surface area contributed by atoms with Crippen LogP contribution in [-0.4, -0.2) is 27.8 Å². The average molecular weight is 369 g/mol. The van der Waals surface area contributed by atoms with Crippen molar-refractivity contribution in [3.05, 3.63) is 76.6 Å². The Morgan fingerprint density at radius 2 is 1.88 bits per heavy atom. The number of nitrogens with zero attached hydrogens (tertiary/aromatic N) is 3. The number of nitrogens with one attached hydrogen (secondary N) is 1. The number of halogens is 1. The van der Waals surface area contributed by atoms with Gasteiger partial charge in [0.2, 0.25) is 0 Å².